The highest BCUT2D eigenvalue weighted by atomic mass is 79.9. The highest BCUT2D eigenvalue weighted by Gasteiger charge is 2.22. The van der Waals surface area contributed by atoms with E-state index in [2.05, 4.69) is 15.9 Å². The summed E-state index contributed by atoms with van der Waals surface area (Å²) in [4.78, 5) is 20.7. The lowest BCUT2D eigenvalue weighted by atomic mass is 10.0. The molecule has 0 bridgehead atoms. The predicted molar refractivity (Wildman–Crippen MR) is 61.4 cm³/mol. The van der Waals surface area contributed by atoms with Crippen molar-refractivity contribution in [3.63, 3.8) is 0 Å². The third-order valence-corrected chi connectivity index (χ3v) is 3.31. The van der Waals surface area contributed by atoms with Gasteiger partial charge in [0.2, 0.25) is 0 Å². The topological polar surface area (TPSA) is 80.4 Å². The average Bonchev–Trinajstić information content (AvgIpc) is 2.26. The maximum atomic E-state index is 11.2. The van der Waals surface area contributed by atoms with Crippen LogP contribution in [0, 0.1) is 10.1 Å². The molecule has 0 aromatic heterocycles. The largest absolute Gasteiger partial charge is 0.391 e. The molecule has 1 rings (SSSR count). The number of alkyl halides is 1. The summed E-state index contributed by atoms with van der Waals surface area (Å²) in [6, 6.07) is 4.37. The quantitative estimate of drug-likeness (QED) is 0.522. The lowest BCUT2D eigenvalue weighted by molar-refractivity contribution is -0.385. The minimum absolute atomic E-state index is 0.171. The molecule has 0 aliphatic rings. The Morgan fingerprint density at radius 3 is 2.69 bits per heavy atom. The van der Waals surface area contributed by atoms with Crippen LogP contribution in [0.5, 0.6) is 0 Å². The molecule has 0 heterocycles. The number of ketones is 1. The van der Waals surface area contributed by atoms with E-state index in [1.165, 1.54) is 19.1 Å². The standard InChI is InChI=1S/C10H10BrNO4/c1-6(14)10(11)7-3-2-4-9(12(15)16)8(7)5-13/h2-4,10,13H,5H2,1H3. The van der Waals surface area contributed by atoms with Crippen LogP contribution in [0.25, 0.3) is 0 Å². The lowest BCUT2D eigenvalue weighted by Crippen LogP contribution is -2.07. The number of aliphatic hydroxyl groups excluding tert-OH is 1. The van der Waals surface area contributed by atoms with Gasteiger partial charge in [-0.3, -0.25) is 14.9 Å². The third kappa shape index (κ3) is 2.45. The Labute approximate surface area is 100 Å². The minimum atomic E-state index is -0.630. The molecule has 0 radical (unpaired) electrons. The zero-order valence-electron chi connectivity index (χ0n) is 8.51. The summed E-state index contributed by atoms with van der Waals surface area (Å²) in [5.41, 5.74) is 0.430. The van der Waals surface area contributed by atoms with E-state index in [4.69, 9.17) is 5.11 Å². The van der Waals surface area contributed by atoms with Crippen LogP contribution < -0.4 is 0 Å². The Morgan fingerprint density at radius 1 is 1.62 bits per heavy atom. The van der Waals surface area contributed by atoms with Gasteiger partial charge in [0.05, 0.1) is 21.9 Å². The molecule has 1 N–H and O–H groups in total. The summed E-state index contributed by atoms with van der Waals surface area (Å²) in [6.07, 6.45) is 0. The van der Waals surface area contributed by atoms with Gasteiger partial charge in [-0.05, 0) is 12.5 Å². The SMILES string of the molecule is CC(=O)C(Br)c1cccc([N+](=O)[O-])c1CO. The zero-order valence-corrected chi connectivity index (χ0v) is 10.1. The van der Waals surface area contributed by atoms with Crippen LogP contribution in [-0.2, 0) is 11.4 Å². The van der Waals surface area contributed by atoms with Gasteiger partial charge in [0, 0.05) is 6.07 Å². The second-order valence-corrected chi connectivity index (χ2v) is 4.15. The van der Waals surface area contributed by atoms with Gasteiger partial charge < -0.3 is 5.11 Å². The van der Waals surface area contributed by atoms with Gasteiger partial charge in [-0.2, -0.15) is 0 Å². The first-order valence-corrected chi connectivity index (χ1v) is 5.42. The molecule has 1 aromatic carbocycles. The van der Waals surface area contributed by atoms with Crippen molar-refractivity contribution in [2.24, 2.45) is 0 Å². The summed E-state index contributed by atoms with van der Waals surface area (Å²) in [7, 11) is 0. The highest BCUT2D eigenvalue weighted by Crippen LogP contribution is 2.32. The minimum Gasteiger partial charge on any atom is -0.391 e. The van der Waals surface area contributed by atoms with Crippen molar-refractivity contribution in [1.29, 1.82) is 0 Å². The molecule has 16 heavy (non-hydrogen) atoms. The van der Waals surface area contributed by atoms with Crippen molar-refractivity contribution < 1.29 is 14.8 Å². The summed E-state index contributed by atoms with van der Waals surface area (Å²) in [6.45, 7) is 0.904. The molecule has 0 aliphatic heterocycles. The van der Waals surface area contributed by atoms with Crippen LogP contribution in [0.15, 0.2) is 18.2 Å². The maximum absolute atomic E-state index is 11.2. The predicted octanol–water partition coefficient (Wildman–Crippen LogP) is 2.11. The van der Waals surface area contributed by atoms with Crippen LogP contribution in [0.1, 0.15) is 22.9 Å². The fraction of sp³-hybridized carbons (Fsp3) is 0.300. The first kappa shape index (κ1) is 12.8. The second-order valence-electron chi connectivity index (χ2n) is 3.23. The maximum Gasteiger partial charge on any atom is 0.275 e. The number of hydrogen-bond acceptors (Lipinski definition) is 4. The number of carbonyl (C=O) groups is 1. The summed E-state index contributed by atoms with van der Waals surface area (Å²) in [5, 5.41) is 19.9. The number of hydrogen-bond donors (Lipinski definition) is 1. The molecule has 0 saturated carbocycles. The Kier molecular flexibility index (Phi) is 4.14. The van der Waals surface area contributed by atoms with Gasteiger partial charge in [0.15, 0.2) is 0 Å². The van der Waals surface area contributed by atoms with Crippen LogP contribution >= 0.6 is 15.9 Å². The van der Waals surface area contributed by atoms with Crippen LogP contribution in [0.2, 0.25) is 0 Å². The molecule has 86 valence electrons. The van der Waals surface area contributed by atoms with Crippen molar-refractivity contribution in [3.8, 4) is 0 Å². The Bertz CT molecular complexity index is 433. The molecule has 0 amide bonds. The van der Waals surface area contributed by atoms with Crippen molar-refractivity contribution >= 4 is 27.4 Å². The summed E-state index contributed by atoms with van der Waals surface area (Å²) in [5.74, 6) is -0.171. The second kappa shape index (κ2) is 5.18. The number of halogens is 1. The molecule has 6 heteroatoms. The normalized spacial score (nSPS) is 12.2. The highest BCUT2D eigenvalue weighted by molar-refractivity contribution is 9.09. The first-order valence-electron chi connectivity index (χ1n) is 4.50. The van der Waals surface area contributed by atoms with E-state index in [-0.39, 0.29) is 17.0 Å². The zero-order chi connectivity index (χ0) is 12.3. The number of nitrogens with zero attached hydrogens (tertiary/aromatic N) is 1. The molecule has 5 nitrogen and oxygen atoms in total. The van der Waals surface area contributed by atoms with Gasteiger partial charge in [0.25, 0.3) is 5.69 Å². The van der Waals surface area contributed by atoms with E-state index in [9.17, 15) is 14.9 Å². The van der Waals surface area contributed by atoms with E-state index in [1.807, 2.05) is 0 Å². The van der Waals surface area contributed by atoms with Crippen molar-refractivity contribution in [2.75, 3.05) is 0 Å². The fourth-order valence-electron chi connectivity index (χ4n) is 1.39. The molecule has 1 unspecified atom stereocenters. The van der Waals surface area contributed by atoms with Crippen molar-refractivity contribution in [3.05, 3.63) is 39.4 Å². The smallest absolute Gasteiger partial charge is 0.275 e. The van der Waals surface area contributed by atoms with Crippen molar-refractivity contribution in [2.45, 2.75) is 18.4 Å². The van der Waals surface area contributed by atoms with Crippen LogP contribution in [-0.4, -0.2) is 15.8 Å². The molecule has 0 aliphatic carbocycles. The van der Waals surface area contributed by atoms with E-state index < -0.39 is 16.4 Å². The van der Waals surface area contributed by atoms with Crippen LogP contribution in [0.4, 0.5) is 5.69 Å². The molecule has 0 spiro atoms. The van der Waals surface area contributed by atoms with Gasteiger partial charge in [-0.1, -0.05) is 28.1 Å². The molecule has 0 saturated heterocycles. The third-order valence-electron chi connectivity index (χ3n) is 2.17. The lowest BCUT2D eigenvalue weighted by Gasteiger charge is -2.11. The Balaban J connectivity index is 3.34. The number of carbonyl (C=O) groups excluding carboxylic acids is 1. The van der Waals surface area contributed by atoms with E-state index in [1.54, 1.807) is 6.07 Å². The number of Topliss-reactive ketones (excluding diaryl/α,β-unsaturated/α-hetero) is 1. The Morgan fingerprint density at radius 2 is 2.25 bits per heavy atom. The monoisotopic (exact) mass is 287 g/mol. The molecular weight excluding hydrogens is 278 g/mol. The van der Waals surface area contributed by atoms with E-state index in [0.29, 0.717) is 5.56 Å². The average molecular weight is 288 g/mol. The summed E-state index contributed by atoms with van der Waals surface area (Å²) < 4.78 is 0. The fourth-order valence-corrected chi connectivity index (χ4v) is 1.82. The number of nitro benzene ring substituents is 1. The van der Waals surface area contributed by atoms with Gasteiger partial charge in [-0.25, -0.2) is 0 Å². The van der Waals surface area contributed by atoms with Crippen molar-refractivity contribution in [1.82, 2.24) is 0 Å². The van der Waals surface area contributed by atoms with Crippen LogP contribution in [0.3, 0.4) is 0 Å². The summed E-state index contributed by atoms with van der Waals surface area (Å²) >= 11 is 3.14. The van der Waals surface area contributed by atoms with E-state index >= 15 is 0 Å². The molecule has 1 aromatic rings. The van der Waals surface area contributed by atoms with Gasteiger partial charge >= 0.3 is 0 Å². The number of aliphatic hydroxyl groups is 1. The van der Waals surface area contributed by atoms with Gasteiger partial charge in [0.1, 0.15) is 5.78 Å². The first-order chi connectivity index (χ1) is 7.49. The number of rotatable bonds is 4. The molecule has 1 atom stereocenters. The number of nitro groups is 1. The molecular formula is C10H10BrNO4. The van der Waals surface area contributed by atoms with E-state index in [0.717, 1.165) is 0 Å². The van der Waals surface area contributed by atoms with Gasteiger partial charge in [-0.15, -0.1) is 0 Å². The number of benzene rings is 1. The Hall–Kier alpha value is -1.27. The molecule has 0 fully saturated rings.